The van der Waals surface area contributed by atoms with E-state index in [9.17, 15) is 18.4 Å². The minimum atomic E-state index is -0.977. The number of amides is 2. The molecule has 0 aliphatic rings. The summed E-state index contributed by atoms with van der Waals surface area (Å²) in [5.74, 6) is -2.18. The van der Waals surface area contributed by atoms with Crippen LogP contribution in [0.25, 0.3) is 0 Å². The number of hydrogen-bond acceptors (Lipinski definition) is 3. The summed E-state index contributed by atoms with van der Waals surface area (Å²) in [5.41, 5.74) is 0.808. The molecular formula is C19H20F2N2O3. The number of hydrogen-bond donors (Lipinski definition) is 1. The summed E-state index contributed by atoms with van der Waals surface area (Å²) in [6, 6.07) is 10.2. The number of aryl methyl sites for hydroxylation is 1. The zero-order valence-corrected chi connectivity index (χ0v) is 14.6. The molecule has 0 saturated carbocycles. The molecule has 2 aromatic carbocycles. The van der Waals surface area contributed by atoms with E-state index in [1.807, 2.05) is 31.2 Å². The minimum absolute atomic E-state index is 0.295. The summed E-state index contributed by atoms with van der Waals surface area (Å²) < 4.78 is 31.9. The number of nitrogens with one attached hydrogen (secondary N) is 1. The molecule has 1 N–H and O–H groups in total. The van der Waals surface area contributed by atoms with Gasteiger partial charge in [-0.3, -0.25) is 9.59 Å². The van der Waals surface area contributed by atoms with Crippen LogP contribution in [0.1, 0.15) is 15.9 Å². The first-order chi connectivity index (χ1) is 12.4. The van der Waals surface area contributed by atoms with Gasteiger partial charge in [-0.05, 0) is 31.2 Å². The van der Waals surface area contributed by atoms with Crippen LogP contribution in [0.4, 0.5) is 8.78 Å². The van der Waals surface area contributed by atoms with Crippen molar-refractivity contribution >= 4 is 11.8 Å². The Morgan fingerprint density at radius 3 is 2.46 bits per heavy atom. The number of nitrogens with zero attached hydrogens (tertiary/aromatic N) is 1. The largest absolute Gasteiger partial charge is 0.492 e. The van der Waals surface area contributed by atoms with Crippen LogP contribution >= 0.6 is 0 Å². The van der Waals surface area contributed by atoms with Crippen LogP contribution in [0, 0.1) is 18.6 Å². The highest BCUT2D eigenvalue weighted by Gasteiger charge is 2.15. The summed E-state index contributed by atoms with van der Waals surface area (Å²) in [5, 5.41) is 2.32. The average Bonchev–Trinajstić information content (AvgIpc) is 2.61. The Labute approximate surface area is 150 Å². The first kappa shape index (κ1) is 19.4. The van der Waals surface area contributed by atoms with Gasteiger partial charge in [-0.1, -0.05) is 17.7 Å². The van der Waals surface area contributed by atoms with E-state index < -0.39 is 17.5 Å². The molecule has 0 spiro atoms. The van der Waals surface area contributed by atoms with Crippen molar-refractivity contribution in [2.75, 3.05) is 26.7 Å². The number of likely N-dealkylation sites (N-methyl/N-ethyl adjacent to an activating group) is 1. The van der Waals surface area contributed by atoms with Crippen molar-refractivity contribution in [1.29, 1.82) is 0 Å². The van der Waals surface area contributed by atoms with Crippen LogP contribution in [0.5, 0.6) is 5.75 Å². The van der Waals surface area contributed by atoms with Gasteiger partial charge in [0, 0.05) is 13.1 Å². The fourth-order valence-corrected chi connectivity index (χ4v) is 2.12. The van der Waals surface area contributed by atoms with Gasteiger partial charge >= 0.3 is 0 Å². The minimum Gasteiger partial charge on any atom is -0.492 e. The number of carbonyl (C=O) groups is 2. The molecule has 0 heterocycles. The smallest absolute Gasteiger partial charge is 0.254 e. The average molecular weight is 362 g/mol. The molecule has 0 aromatic heterocycles. The first-order valence-corrected chi connectivity index (χ1v) is 8.03. The maximum absolute atomic E-state index is 13.5. The molecule has 26 heavy (non-hydrogen) atoms. The SMILES string of the molecule is Cc1ccc(OCCN(C)C(=O)CNC(=O)c2ccc(F)cc2F)cc1. The lowest BCUT2D eigenvalue weighted by molar-refractivity contribution is -0.129. The van der Waals surface area contributed by atoms with Crippen LogP contribution in [0.3, 0.4) is 0 Å². The Morgan fingerprint density at radius 1 is 1.12 bits per heavy atom. The first-order valence-electron chi connectivity index (χ1n) is 8.03. The Morgan fingerprint density at radius 2 is 1.81 bits per heavy atom. The quantitative estimate of drug-likeness (QED) is 0.824. The van der Waals surface area contributed by atoms with Crippen molar-refractivity contribution < 1.29 is 23.1 Å². The second-order valence-corrected chi connectivity index (χ2v) is 5.78. The summed E-state index contributed by atoms with van der Waals surface area (Å²) >= 11 is 0. The number of carbonyl (C=O) groups excluding carboxylic acids is 2. The lowest BCUT2D eigenvalue weighted by atomic mass is 10.2. The van der Waals surface area contributed by atoms with Gasteiger partial charge in [-0.15, -0.1) is 0 Å². The molecule has 0 aliphatic carbocycles. The molecule has 0 bridgehead atoms. The van der Waals surface area contributed by atoms with E-state index in [4.69, 9.17) is 4.74 Å². The van der Waals surface area contributed by atoms with E-state index in [1.54, 1.807) is 7.05 Å². The highest BCUT2D eigenvalue weighted by molar-refractivity contribution is 5.96. The number of rotatable bonds is 7. The van der Waals surface area contributed by atoms with Crippen molar-refractivity contribution in [2.24, 2.45) is 0 Å². The predicted octanol–water partition coefficient (Wildman–Crippen LogP) is 2.54. The third-order valence-electron chi connectivity index (χ3n) is 3.72. The summed E-state index contributed by atoms with van der Waals surface area (Å²) in [4.78, 5) is 25.3. The fraction of sp³-hybridized carbons (Fsp3) is 0.263. The summed E-state index contributed by atoms with van der Waals surface area (Å²) in [6.07, 6.45) is 0. The van der Waals surface area contributed by atoms with E-state index in [2.05, 4.69) is 5.32 Å². The van der Waals surface area contributed by atoms with Crippen LogP contribution in [0.2, 0.25) is 0 Å². The third kappa shape index (κ3) is 5.54. The summed E-state index contributed by atoms with van der Waals surface area (Å²) in [6.45, 7) is 2.30. The second kappa shape index (κ2) is 8.94. The van der Waals surface area contributed by atoms with Crippen molar-refractivity contribution in [3.05, 3.63) is 65.2 Å². The molecule has 2 amide bonds. The zero-order chi connectivity index (χ0) is 19.1. The highest BCUT2D eigenvalue weighted by atomic mass is 19.1. The molecule has 7 heteroatoms. The monoisotopic (exact) mass is 362 g/mol. The van der Waals surface area contributed by atoms with Gasteiger partial charge in [-0.2, -0.15) is 0 Å². The number of benzene rings is 2. The molecule has 138 valence electrons. The number of ether oxygens (including phenoxy) is 1. The molecule has 2 rings (SSSR count). The van der Waals surface area contributed by atoms with Crippen LogP contribution in [-0.4, -0.2) is 43.5 Å². The molecule has 0 aliphatic heterocycles. The predicted molar refractivity (Wildman–Crippen MR) is 93.0 cm³/mol. The van der Waals surface area contributed by atoms with E-state index >= 15 is 0 Å². The Kier molecular flexibility index (Phi) is 6.66. The van der Waals surface area contributed by atoms with Gasteiger partial charge in [0.2, 0.25) is 5.91 Å². The van der Waals surface area contributed by atoms with E-state index in [-0.39, 0.29) is 18.0 Å². The normalized spacial score (nSPS) is 10.3. The van der Waals surface area contributed by atoms with Crippen molar-refractivity contribution in [1.82, 2.24) is 10.2 Å². The molecule has 0 saturated heterocycles. The van der Waals surface area contributed by atoms with Crippen molar-refractivity contribution in [2.45, 2.75) is 6.92 Å². The van der Waals surface area contributed by atoms with E-state index in [1.165, 1.54) is 4.90 Å². The highest BCUT2D eigenvalue weighted by Crippen LogP contribution is 2.11. The topological polar surface area (TPSA) is 58.6 Å². The molecule has 0 radical (unpaired) electrons. The molecule has 5 nitrogen and oxygen atoms in total. The van der Waals surface area contributed by atoms with Crippen LogP contribution in [0.15, 0.2) is 42.5 Å². The Bertz CT molecular complexity index is 779. The van der Waals surface area contributed by atoms with Gasteiger partial charge in [0.1, 0.15) is 24.0 Å². The molecular weight excluding hydrogens is 342 g/mol. The van der Waals surface area contributed by atoms with Gasteiger partial charge in [0.15, 0.2) is 0 Å². The lowest BCUT2D eigenvalue weighted by Crippen LogP contribution is -2.40. The van der Waals surface area contributed by atoms with Crippen molar-refractivity contribution in [3.63, 3.8) is 0 Å². The molecule has 0 fully saturated rings. The zero-order valence-electron chi connectivity index (χ0n) is 14.6. The van der Waals surface area contributed by atoms with Crippen LogP contribution < -0.4 is 10.1 Å². The maximum Gasteiger partial charge on any atom is 0.254 e. The summed E-state index contributed by atoms with van der Waals surface area (Å²) in [7, 11) is 1.57. The van der Waals surface area contributed by atoms with Crippen molar-refractivity contribution in [3.8, 4) is 5.75 Å². The lowest BCUT2D eigenvalue weighted by Gasteiger charge is -2.18. The van der Waals surface area contributed by atoms with Gasteiger partial charge < -0.3 is 15.0 Å². The Hall–Kier alpha value is -2.96. The van der Waals surface area contributed by atoms with E-state index in [0.29, 0.717) is 25.0 Å². The van der Waals surface area contributed by atoms with Gasteiger partial charge in [0.05, 0.1) is 18.7 Å². The maximum atomic E-state index is 13.5. The fourth-order valence-electron chi connectivity index (χ4n) is 2.12. The molecule has 0 atom stereocenters. The van der Waals surface area contributed by atoms with Gasteiger partial charge in [0.25, 0.3) is 5.91 Å². The standard InChI is InChI=1S/C19H20F2N2O3/c1-13-3-6-15(7-4-13)26-10-9-23(2)18(24)12-22-19(25)16-8-5-14(20)11-17(16)21/h3-8,11H,9-10,12H2,1-2H3,(H,22,25). The second-order valence-electron chi connectivity index (χ2n) is 5.78. The number of halogens is 2. The molecule has 0 unspecified atom stereocenters. The molecule has 2 aromatic rings. The van der Waals surface area contributed by atoms with Crippen LogP contribution in [-0.2, 0) is 4.79 Å². The van der Waals surface area contributed by atoms with Gasteiger partial charge in [-0.25, -0.2) is 8.78 Å². The Balaban J connectivity index is 1.76. The van der Waals surface area contributed by atoms with E-state index in [0.717, 1.165) is 17.7 Å². The third-order valence-corrected chi connectivity index (χ3v) is 3.72.